The van der Waals surface area contributed by atoms with E-state index in [0.717, 1.165) is 31.0 Å². The Morgan fingerprint density at radius 2 is 1.73 bits per heavy atom. The van der Waals surface area contributed by atoms with Gasteiger partial charge in [-0.25, -0.2) is 36.8 Å². The number of halogens is 4. The molecule has 14 nitrogen and oxygen atoms in total. The van der Waals surface area contributed by atoms with Crippen molar-refractivity contribution in [3.63, 3.8) is 0 Å². The zero-order valence-electron chi connectivity index (χ0n) is 31.7. The second-order valence-corrected chi connectivity index (χ2v) is 15.6. The van der Waals surface area contributed by atoms with Gasteiger partial charge in [-0.15, -0.1) is 0 Å². The molecule has 0 bridgehead atoms. The molecule has 3 saturated heterocycles. The number of nitriles is 1. The van der Waals surface area contributed by atoms with E-state index in [2.05, 4.69) is 24.6 Å². The number of nitrogens with zero attached hydrogens (tertiary/aromatic N) is 9. The minimum absolute atomic E-state index is 0.0414. The molecule has 5 heterocycles. The molecule has 0 atom stereocenters. The zero-order valence-corrected chi connectivity index (χ0v) is 32.5. The number of likely N-dealkylation sites (tertiary alicyclic amines) is 1. The number of hydrogen-bond donors (Lipinski definition) is 2. The number of carbonyl (C=O) groups excluding carboxylic acids is 1. The molecular weight excluding hydrogens is 791 g/mol. The van der Waals surface area contributed by atoms with Gasteiger partial charge in [-0.1, -0.05) is 6.07 Å². The quantitative estimate of drug-likeness (QED) is 0.103. The number of fused-ring (bicyclic) bond motifs is 1. The Balaban J connectivity index is 0.880. The van der Waals surface area contributed by atoms with Crippen LogP contribution in [-0.4, -0.2) is 104 Å². The summed E-state index contributed by atoms with van der Waals surface area (Å²) in [6.07, 6.45) is 5.60. The van der Waals surface area contributed by atoms with E-state index < -0.39 is 29.6 Å². The van der Waals surface area contributed by atoms with Gasteiger partial charge in [-0.05, 0) is 79.9 Å². The van der Waals surface area contributed by atoms with E-state index in [1.54, 1.807) is 12.1 Å². The lowest BCUT2D eigenvalue weighted by Gasteiger charge is -2.37. The summed E-state index contributed by atoms with van der Waals surface area (Å²) in [5.74, 6) is -3.67. The number of rotatable bonds is 10. The summed E-state index contributed by atoms with van der Waals surface area (Å²) in [6.45, 7) is 3.42. The fraction of sp³-hybridized carbons (Fsp3) is 0.350. The highest BCUT2D eigenvalue weighted by Gasteiger charge is 2.39. The third-order valence-electron chi connectivity index (χ3n) is 10.8. The molecule has 3 fully saturated rings. The van der Waals surface area contributed by atoms with Crippen LogP contribution >= 0.6 is 12.1 Å². The summed E-state index contributed by atoms with van der Waals surface area (Å²) in [6, 6.07) is 13.6. The molecule has 306 valence electrons. The normalized spacial score (nSPS) is 17.6. The number of amides is 1. The Bertz CT molecular complexity index is 2470. The molecule has 3 aliphatic rings. The topological polar surface area (TPSA) is 162 Å². The van der Waals surface area contributed by atoms with Gasteiger partial charge in [0.05, 0.1) is 47.8 Å². The minimum atomic E-state index is -2.81. The highest BCUT2D eigenvalue weighted by molar-refractivity contribution is 7.98. The maximum atomic E-state index is 15.1. The van der Waals surface area contributed by atoms with Crippen LogP contribution in [0.2, 0.25) is 0 Å². The number of piperidine rings is 1. The molecule has 59 heavy (non-hydrogen) atoms. The number of piperazine rings is 1. The first-order chi connectivity index (χ1) is 28.4. The minimum Gasteiger partial charge on any atom is -0.453 e. The van der Waals surface area contributed by atoms with Crippen LogP contribution in [0, 0.1) is 23.0 Å². The van der Waals surface area contributed by atoms with Gasteiger partial charge in [-0.3, -0.25) is 19.1 Å². The van der Waals surface area contributed by atoms with Gasteiger partial charge >= 0.3 is 0 Å². The van der Waals surface area contributed by atoms with Gasteiger partial charge in [0.25, 0.3) is 11.5 Å². The van der Waals surface area contributed by atoms with Crippen molar-refractivity contribution in [2.24, 2.45) is 0 Å². The van der Waals surface area contributed by atoms with Gasteiger partial charge in [0.2, 0.25) is 11.9 Å². The number of benzene rings is 3. The number of alkyl halides is 2. The maximum absolute atomic E-state index is 15.1. The Kier molecular flexibility index (Phi) is 11.3. The van der Waals surface area contributed by atoms with Crippen molar-refractivity contribution in [2.45, 2.75) is 31.1 Å². The molecular formula is C40H39F4N11O3S. The monoisotopic (exact) mass is 829 g/mol. The van der Waals surface area contributed by atoms with E-state index in [4.69, 9.17) is 10.5 Å². The van der Waals surface area contributed by atoms with Crippen molar-refractivity contribution in [3.05, 3.63) is 100 Å². The SMILES string of the molecule is N#Cc1c(NSN2CCC(F)(F)C2)ccc(F)c1Oc1ccc2ncn(-c3cnc(N4CCN(C(=O)CN5CCC(c6ccc(N)cc6F)CC5)CC4)nc3)c(=O)c2c1. The molecule has 0 aliphatic carbocycles. The van der Waals surface area contributed by atoms with Crippen molar-refractivity contribution in [1.29, 1.82) is 5.26 Å². The molecule has 0 unspecified atom stereocenters. The van der Waals surface area contributed by atoms with Gasteiger partial charge in [0.1, 0.15) is 29.5 Å². The van der Waals surface area contributed by atoms with Crippen molar-refractivity contribution in [1.82, 2.24) is 33.6 Å². The van der Waals surface area contributed by atoms with Crippen LogP contribution in [0.5, 0.6) is 11.5 Å². The lowest BCUT2D eigenvalue weighted by molar-refractivity contribution is -0.133. The fourth-order valence-corrected chi connectivity index (χ4v) is 8.37. The van der Waals surface area contributed by atoms with Crippen LogP contribution in [0.25, 0.3) is 16.6 Å². The zero-order chi connectivity index (χ0) is 41.3. The number of anilines is 3. The number of aromatic nitrogens is 4. The third kappa shape index (κ3) is 8.75. The van der Waals surface area contributed by atoms with Gasteiger partial charge in [0, 0.05) is 57.0 Å². The summed E-state index contributed by atoms with van der Waals surface area (Å²) in [7, 11) is 0. The van der Waals surface area contributed by atoms with E-state index in [9.17, 15) is 28.0 Å². The van der Waals surface area contributed by atoms with E-state index in [0.29, 0.717) is 74.2 Å². The van der Waals surface area contributed by atoms with Crippen molar-refractivity contribution < 1.29 is 27.1 Å². The Hall–Kier alpha value is -5.97. The van der Waals surface area contributed by atoms with Crippen LogP contribution in [0.4, 0.5) is 34.9 Å². The fourth-order valence-electron chi connectivity index (χ4n) is 7.54. The molecule has 5 aromatic rings. The van der Waals surface area contributed by atoms with E-state index in [-0.39, 0.29) is 53.0 Å². The number of nitrogens with two attached hydrogens (primary N) is 1. The van der Waals surface area contributed by atoms with E-state index in [1.807, 2.05) is 15.9 Å². The highest BCUT2D eigenvalue weighted by Crippen LogP contribution is 2.37. The average molecular weight is 830 g/mol. The summed E-state index contributed by atoms with van der Waals surface area (Å²) in [5.41, 5.74) is 6.99. The summed E-state index contributed by atoms with van der Waals surface area (Å²) in [4.78, 5) is 46.2. The number of nitrogens with one attached hydrogen (secondary N) is 1. The van der Waals surface area contributed by atoms with Crippen molar-refractivity contribution in [3.8, 4) is 23.3 Å². The first kappa shape index (κ1) is 39.8. The smallest absolute Gasteiger partial charge is 0.266 e. The van der Waals surface area contributed by atoms with Crippen LogP contribution < -0.4 is 25.7 Å². The van der Waals surface area contributed by atoms with Gasteiger partial charge in [-0.2, -0.15) is 5.26 Å². The molecule has 3 N–H and O–H groups in total. The van der Waals surface area contributed by atoms with Crippen molar-refractivity contribution in [2.75, 3.05) is 74.3 Å². The van der Waals surface area contributed by atoms with E-state index in [1.165, 1.54) is 57.9 Å². The number of ether oxygens (including phenoxy) is 1. The summed E-state index contributed by atoms with van der Waals surface area (Å²) in [5, 5.41) is 10.1. The molecule has 3 aromatic carbocycles. The van der Waals surface area contributed by atoms with Crippen molar-refractivity contribution >= 4 is 46.3 Å². The summed E-state index contributed by atoms with van der Waals surface area (Å²) >= 11 is 0.892. The molecule has 3 aliphatic heterocycles. The van der Waals surface area contributed by atoms with Gasteiger partial charge < -0.3 is 25.0 Å². The molecule has 1 amide bonds. The standard InChI is InChI=1S/C40H39F4N11O3S/c41-32-4-6-35(50-59-54-12-9-40(43,44)23-54)31(19-45)37(32)58-28-2-5-34-30(18-28)38(57)55(24-49-34)27-20-47-39(48-21-27)53-15-13-52(14-16-53)36(56)22-51-10-7-25(8-11-51)29-3-1-26(46)17-33(29)42/h1-6,17-18,20-21,24-25,50H,7-16,22-23,46H2. The lowest BCUT2D eigenvalue weighted by atomic mass is 9.89. The van der Waals surface area contributed by atoms with Crippen LogP contribution in [0.1, 0.15) is 36.3 Å². The molecule has 0 saturated carbocycles. The number of hydrogen-bond acceptors (Lipinski definition) is 13. The molecule has 19 heteroatoms. The largest absolute Gasteiger partial charge is 0.453 e. The maximum Gasteiger partial charge on any atom is 0.266 e. The third-order valence-corrected chi connectivity index (χ3v) is 11.7. The second kappa shape index (κ2) is 16.7. The van der Waals surface area contributed by atoms with E-state index >= 15 is 4.39 Å². The molecule has 0 radical (unpaired) electrons. The van der Waals surface area contributed by atoms with Gasteiger partial charge in [0.15, 0.2) is 11.6 Å². The number of nitrogen functional groups attached to an aromatic ring is 1. The lowest BCUT2D eigenvalue weighted by Crippen LogP contribution is -2.52. The molecule has 8 rings (SSSR count). The first-order valence-corrected chi connectivity index (χ1v) is 19.8. The average Bonchev–Trinajstić information content (AvgIpc) is 3.59. The Morgan fingerprint density at radius 1 is 0.966 bits per heavy atom. The predicted octanol–water partition coefficient (Wildman–Crippen LogP) is 5.54. The first-order valence-electron chi connectivity index (χ1n) is 19.0. The van der Waals surface area contributed by atoms with Crippen LogP contribution in [-0.2, 0) is 4.79 Å². The summed E-state index contributed by atoms with van der Waals surface area (Å²) < 4.78 is 68.2. The number of carbonyl (C=O) groups is 1. The molecule has 0 spiro atoms. The van der Waals surface area contributed by atoms with Crippen LogP contribution in [0.3, 0.4) is 0 Å². The Labute approximate surface area is 340 Å². The molecule has 2 aromatic heterocycles. The van der Waals surface area contributed by atoms with Crippen LogP contribution in [0.15, 0.2) is 72.0 Å². The highest BCUT2D eigenvalue weighted by atomic mass is 32.2. The predicted molar refractivity (Wildman–Crippen MR) is 214 cm³/mol. The Morgan fingerprint density at radius 3 is 2.42 bits per heavy atom. The second-order valence-electron chi connectivity index (χ2n) is 14.7.